The minimum atomic E-state index is 0.0219. The van der Waals surface area contributed by atoms with E-state index in [1.54, 1.807) is 0 Å². The fourth-order valence-corrected chi connectivity index (χ4v) is 4.05. The summed E-state index contributed by atoms with van der Waals surface area (Å²) in [5, 5.41) is 3.04. The second-order valence-electron chi connectivity index (χ2n) is 8.33. The van der Waals surface area contributed by atoms with Crippen molar-refractivity contribution in [3.63, 3.8) is 0 Å². The maximum Gasteiger partial charge on any atom is 0.317 e. The van der Waals surface area contributed by atoms with E-state index < -0.39 is 0 Å². The summed E-state index contributed by atoms with van der Waals surface area (Å²) in [4.78, 5) is 23.9. The van der Waals surface area contributed by atoms with Gasteiger partial charge in [0, 0.05) is 38.8 Å². The number of amides is 2. The van der Waals surface area contributed by atoms with E-state index in [0.717, 1.165) is 55.0 Å². The molecule has 1 aliphatic rings. The Bertz CT molecular complexity index is 966. The van der Waals surface area contributed by atoms with Crippen LogP contribution in [0.2, 0.25) is 0 Å². The number of hydrogen-bond acceptors (Lipinski definition) is 3. The third-order valence-electron chi connectivity index (χ3n) is 5.46. The quantitative estimate of drug-likeness (QED) is 0.694. The Morgan fingerprint density at radius 3 is 2.83 bits per heavy atom. The largest absolute Gasteiger partial charge is 0.334 e. The highest BCUT2D eigenvalue weighted by Crippen LogP contribution is 2.23. The molecular formula is C23H29N5O. The first-order valence-corrected chi connectivity index (χ1v) is 10.5. The molecule has 1 saturated heterocycles. The van der Waals surface area contributed by atoms with Gasteiger partial charge in [0.1, 0.15) is 11.3 Å². The third-order valence-corrected chi connectivity index (χ3v) is 5.46. The van der Waals surface area contributed by atoms with E-state index in [9.17, 15) is 4.79 Å². The first-order valence-electron chi connectivity index (χ1n) is 10.5. The van der Waals surface area contributed by atoms with Gasteiger partial charge in [-0.05, 0) is 36.0 Å². The van der Waals surface area contributed by atoms with Gasteiger partial charge in [0.25, 0.3) is 0 Å². The normalized spacial score (nSPS) is 16.7. The second-order valence-corrected chi connectivity index (χ2v) is 8.33. The molecule has 4 rings (SSSR count). The molecule has 0 spiro atoms. The number of nitrogens with zero attached hydrogens (tertiary/aromatic N) is 4. The molecule has 0 saturated carbocycles. The zero-order valence-corrected chi connectivity index (χ0v) is 17.2. The Balaban J connectivity index is 1.39. The number of aromatic nitrogens is 3. The lowest BCUT2D eigenvalue weighted by Crippen LogP contribution is -2.38. The van der Waals surface area contributed by atoms with E-state index in [2.05, 4.69) is 28.7 Å². The monoisotopic (exact) mass is 391 g/mol. The summed E-state index contributed by atoms with van der Waals surface area (Å²) in [6.45, 7) is 7.49. The second kappa shape index (κ2) is 8.64. The molecule has 6 heteroatoms. The SMILES string of the molecule is CC(C)Cn1c(C[C@@H]2CCN(C(=O)NCc3ccccc3)C2)nc2cccnc21. The van der Waals surface area contributed by atoms with Crippen LogP contribution in [0.25, 0.3) is 11.2 Å². The average Bonchev–Trinajstić information content (AvgIpc) is 3.32. The lowest BCUT2D eigenvalue weighted by Gasteiger charge is -2.18. The van der Waals surface area contributed by atoms with Crippen LogP contribution < -0.4 is 5.32 Å². The Labute approximate surface area is 172 Å². The van der Waals surface area contributed by atoms with Gasteiger partial charge in [-0.2, -0.15) is 0 Å². The van der Waals surface area contributed by atoms with Crippen molar-refractivity contribution >= 4 is 17.2 Å². The smallest absolute Gasteiger partial charge is 0.317 e. The molecule has 1 fully saturated rings. The summed E-state index contributed by atoms with van der Waals surface area (Å²) in [7, 11) is 0. The van der Waals surface area contributed by atoms with E-state index in [0.29, 0.717) is 18.4 Å². The van der Waals surface area contributed by atoms with Gasteiger partial charge < -0.3 is 14.8 Å². The lowest BCUT2D eigenvalue weighted by molar-refractivity contribution is 0.206. The van der Waals surface area contributed by atoms with Gasteiger partial charge in [0.05, 0.1) is 0 Å². The van der Waals surface area contributed by atoms with Gasteiger partial charge in [-0.3, -0.25) is 0 Å². The Morgan fingerprint density at radius 2 is 2.03 bits per heavy atom. The number of pyridine rings is 1. The highest BCUT2D eigenvalue weighted by Gasteiger charge is 2.28. The van der Waals surface area contributed by atoms with Crippen molar-refractivity contribution in [2.45, 2.75) is 39.8 Å². The van der Waals surface area contributed by atoms with Crippen molar-refractivity contribution in [2.75, 3.05) is 13.1 Å². The molecule has 0 radical (unpaired) electrons. The molecule has 3 aromatic rings. The van der Waals surface area contributed by atoms with Crippen LogP contribution in [-0.4, -0.2) is 38.6 Å². The van der Waals surface area contributed by atoms with Crippen LogP contribution in [0.4, 0.5) is 4.79 Å². The standard InChI is InChI=1S/C23H29N5O/c1-17(2)15-28-21(26-20-9-6-11-24-22(20)28)13-19-10-12-27(16-19)23(29)25-14-18-7-4-3-5-8-18/h3-9,11,17,19H,10,12-16H2,1-2H3,(H,25,29)/t19-/m0/s1. The van der Waals surface area contributed by atoms with Crippen molar-refractivity contribution in [2.24, 2.45) is 11.8 Å². The van der Waals surface area contributed by atoms with Crippen molar-refractivity contribution < 1.29 is 4.79 Å². The summed E-state index contributed by atoms with van der Waals surface area (Å²) >= 11 is 0. The molecule has 2 amide bonds. The Kier molecular flexibility index (Phi) is 5.79. The number of carbonyl (C=O) groups excluding carboxylic acids is 1. The average molecular weight is 392 g/mol. The molecule has 6 nitrogen and oxygen atoms in total. The maximum atomic E-state index is 12.6. The predicted molar refractivity (Wildman–Crippen MR) is 114 cm³/mol. The fourth-order valence-electron chi connectivity index (χ4n) is 4.05. The first kappa shape index (κ1) is 19.4. The number of imidazole rings is 1. The van der Waals surface area contributed by atoms with Gasteiger partial charge in [-0.1, -0.05) is 44.2 Å². The molecule has 1 aromatic carbocycles. The number of urea groups is 1. The molecule has 0 unspecified atom stereocenters. The van der Waals surface area contributed by atoms with Crippen molar-refractivity contribution in [3.05, 3.63) is 60.0 Å². The van der Waals surface area contributed by atoms with E-state index in [-0.39, 0.29) is 6.03 Å². The maximum absolute atomic E-state index is 12.6. The van der Waals surface area contributed by atoms with Crippen LogP contribution >= 0.6 is 0 Å². The van der Waals surface area contributed by atoms with E-state index in [4.69, 9.17) is 4.98 Å². The molecule has 1 atom stereocenters. The zero-order chi connectivity index (χ0) is 20.2. The Morgan fingerprint density at radius 1 is 1.21 bits per heavy atom. The van der Waals surface area contributed by atoms with Gasteiger partial charge in [-0.25, -0.2) is 14.8 Å². The number of hydrogen-bond donors (Lipinski definition) is 1. The summed E-state index contributed by atoms with van der Waals surface area (Å²) in [5.74, 6) is 2.04. The first-order chi connectivity index (χ1) is 14.1. The Hall–Kier alpha value is -2.89. The summed E-state index contributed by atoms with van der Waals surface area (Å²) < 4.78 is 2.26. The van der Waals surface area contributed by atoms with Crippen molar-refractivity contribution in [1.29, 1.82) is 0 Å². The van der Waals surface area contributed by atoms with Crippen molar-refractivity contribution in [3.8, 4) is 0 Å². The van der Waals surface area contributed by atoms with Gasteiger partial charge >= 0.3 is 6.03 Å². The molecule has 3 heterocycles. The van der Waals surface area contributed by atoms with Crippen LogP contribution in [0.15, 0.2) is 48.7 Å². The topological polar surface area (TPSA) is 63.1 Å². The fraction of sp³-hybridized carbons (Fsp3) is 0.435. The number of nitrogens with one attached hydrogen (secondary N) is 1. The molecule has 2 aromatic heterocycles. The van der Waals surface area contributed by atoms with Crippen LogP contribution in [0.3, 0.4) is 0 Å². The van der Waals surface area contributed by atoms with Crippen LogP contribution in [-0.2, 0) is 19.5 Å². The molecule has 29 heavy (non-hydrogen) atoms. The predicted octanol–water partition coefficient (Wildman–Crippen LogP) is 3.86. The van der Waals surface area contributed by atoms with Crippen LogP contribution in [0.1, 0.15) is 31.7 Å². The summed E-state index contributed by atoms with van der Waals surface area (Å²) in [6, 6.07) is 14.0. The van der Waals surface area contributed by atoms with Gasteiger partial charge in [-0.15, -0.1) is 0 Å². The number of carbonyl (C=O) groups is 1. The van der Waals surface area contributed by atoms with E-state index in [1.807, 2.05) is 53.6 Å². The molecular weight excluding hydrogens is 362 g/mol. The minimum Gasteiger partial charge on any atom is -0.334 e. The number of fused-ring (bicyclic) bond motifs is 1. The highest BCUT2D eigenvalue weighted by atomic mass is 16.2. The number of likely N-dealkylation sites (tertiary alicyclic amines) is 1. The summed E-state index contributed by atoms with van der Waals surface area (Å²) in [6.07, 6.45) is 3.72. The molecule has 0 bridgehead atoms. The third kappa shape index (κ3) is 4.58. The molecule has 1 aliphatic heterocycles. The van der Waals surface area contributed by atoms with E-state index >= 15 is 0 Å². The van der Waals surface area contributed by atoms with Crippen molar-refractivity contribution in [1.82, 2.24) is 24.8 Å². The summed E-state index contributed by atoms with van der Waals surface area (Å²) in [5.41, 5.74) is 3.04. The van der Waals surface area contributed by atoms with Crippen LogP contribution in [0.5, 0.6) is 0 Å². The van der Waals surface area contributed by atoms with E-state index in [1.165, 1.54) is 0 Å². The van der Waals surface area contributed by atoms with Gasteiger partial charge in [0.2, 0.25) is 0 Å². The van der Waals surface area contributed by atoms with Crippen LogP contribution in [0, 0.1) is 11.8 Å². The highest BCUT2D eigenvalue weighted by molar-refractivity contribution is 5.74. The molecule has 1 N–H and O–H groups in total. The lowest BCUT2D eigenvalue weighted by atomic mass is 10.0. The molecule has 0 aliphatic carbocycles. The number of benzene rings is 1. The minimum absolute atomic E-state index is 0.0219. The number of rotatable bonds is 6. The zero-order valence-electron chi connectivity index (χ0n) is 17.2. The van der Waals surface area contributed by atoms with Gasteiger partial charge in [0.15, 0.2) is 5.65 Å². The molecule has 152 valence electrons.